The minimum atomic E-state index is -0.792. The molecule has 2 amide bonds. The molecule has 9 heteroatoms. The number of ether oxygens (including phenoxy) is 3. The maximum Gasteiger partial charge on any atom is 0.334 e. The molecule has 1 aromatic carbocycles. The molecular formula is C20H21ClFNO6. The summed E-state index contributed by atoms with van der Waals surface area (Å²) in [4.78, 5) is 37.7. The van der Waals surface area contributed by atoms with E-state index in [0.29, 0.717) is 12.8 Å². The number of anilines is 1. The molecule has 1 aromatic rings. The summed E-state index contributed by atoms with van der Waals surface area (Å²) in [6.45, 7) is -0.191. The molecule has 0 N–H and O–H groups in total. The van der Waals surface area contributed by atoms with Crippen LogP contribution in [-0.4, -0.2) is 38.6 Å². The predicted octanol–water partition coefficient (Wildman–Crippen LogP) is 3.24. The van der Waals surface area contributed by atoms with E-state index < -0.39 is 35.4 Å². The summed E-state index contributed by atoms with van der Waals surface area (Å²) in [5.41, 5.74) is -0.190. The van der Waals surface area contributed by atoms with Crippen LogP contribution in [0.15, 0.2) is 24.0 Å². The zero-order valence-corrected chi connectivity index (χ0v) is 16.8. The van der Waals surface area contributed by atoms with Gasteiger partial charge in [-0.25, -0.2) is 14.1 Å². The second kappa shape index (κ2) is 8.82. The first-order valence-corrected chi connectivity index (χ1v) is 9.57. The van der Waals surface area contributed by atoms with E-state index in [0.717, 1.165) is 29.9 Å². The number of esters is 1. The van der Waals surface area contributed by atoms with Crippen molar-refractivity contribution in [2.75, 3.05) is 25.7 Å². The Hall–Kier alpha value is -2.61. The van der Waals surface area contributed by atoms with E-state index in [4.69, 9.17) is 21.1 Å². The highest BCUT2D eigenvalue weighted by Crippen LogP contribution is 2.42. The standard InChI is InChI=1S/C20H21ClFNO6/c1-27-11(7-18(24)28-2)10-29-17-9-16(15(22)8-14(17)21)23-19(25)12-5-3-4-6-13(12)20(23)26/h7-9,12-13H,3-6,10H2,1-2H3/b11-7+. The van der Waals surface area contributed by atoms with E-state index in [-0.39, 0.29) is 28.8 Å². The van der Waals surface area contributed by atoms with Crippen molar-refractivity contribution >= 4 is 35.1 Å². The van der Waals surface area contributed by atoms with Gasteiger partial charge in [0.15, 0.2) is 0 Å². The summed E-state index contributed by atoms with van der Waals surface area (Å²) >= 11 is 6.06. The number of methoxy groups -OCH3 is 2. The van der Waals surface area contributed by atoms with Crippen LogP contribution < -0.4 is 9.64 Å². The normalized spacial score (nSPS) is 21.8. The minimum Gasteiger partial charge on any atom is -0.497 e. The molecule has 0 aromatic heterocycles. The highest BCUT2D eigenvalue weighted by Gasteiger charge is 2.49. The number of carbonyl (C=O) groups is 3. The molecule has 1 aliphatic heterocycles. The van der Waals surface area contributed by atoms with Crippen molar-refractivity contribution in [1.29, 1.82) is 0 Å². The number of carbonyl (C=O) groups excluding carboxylic acids is 3. The van der Waals surface area contributed by atoms with E-state index in [2.05, 4.69) is 4.74 Å². The quantitative estimate of drug-likeness (QED) is 0.301. The molecule has 3 rings (SSSR count). The lowest BCUT2D eigenvalue weighted by molar-refractivity contribution is -0.135. The van der Waals surface area contributed by atoms with Crippen molar-refractivity contribution in [3.05, 3.63) is 34.8 Å². The van der Waals surface area contributed by atoms with Crippen molar-refractivity contribution < 1.29 is 33.0 Å². The summed E-state index contributed by atoms with van der Waals surface area (Å²) in [5, 5.41) is -0.0451. The van der Waals surface area contributed by atoms with Gasteiger partial charge in [-0.2, -0.15) is 0 Å². The summed E-state index contributed by atoms with van der Waals surface area (Å²) in [5.74, 6) is -2.82. The Balaban J connectivity index is 1.86. The number of halogens is 2. The highest BCUT2D eigenvalue weighted by molar-refractivity contribution is 6.32. The molecule has 2 atom stereocenters. The molecular weight excluding hydrogens is 405 g/mol. The van der Waals surface area contributed by atoms with Crippen LogP contribution in [0.5, 0.6) is 5.75 Å². The average Bonchev–Trinajstić information content (AvgIpc) is 2.97. The Morgan fingerprint density at radius 2 is 1.79 bits per heavy atom. The molecule has 1 saturated heterocycles. The number of hydrogen-bond acceptors (Lipinski definition) is 6. The summed E-state index contributed by atoms with van der Waals surface area (Å²) in [7, 11) is 2.57. The number of amides is 2. The second-order valence-corrected chi connectivity index (χ2v) is 7.28. The lowest BCUT2D eigenvalue weighted by Gasteiger charge is -2.19. The maximum absolute atomic E-state index is 14.6. The van der Waals surface area contributed by atoms with Crippen LogP contribution in [0.2, 0.25) is 5.02 Å². The fourth-order valence-electron chi connectivity index (χ4n) is 3.70. The third-order valence-corrected chi connectivity index (χ3v) is 5.49. The molecule has 1 heterocycles. The van der Waals surface area contributed by atoms with Gasteiger partial charge in [-0.1, -0.05) is 24.4 Å². The SMILES string of the molecule is COC(=O)/C=C(\COc1cc(N2C(=O)C3CCCCC3C2=O)c(F)cc1Cl)OC. The minimum absolute atomic E-state index is 0.0451. The third-order valence-electron chi connectivity index (χ3n) is 5.20. The molecule has 0 spiro atoms. The molecule has 2 unspecified atom stereocenters. The third kappa shape index (κ3) is 4.22. The molecule has 1 saturated carbocycles. The average molecular weight is 426 g/mol. The number of rotatable bonds is 6. The number of imide groups is 1. The Bertz CT molecular complexity index is 847. The lowest BCUT2D eigenvalue weighted by Crippen LogP contribution is -2.31. The van der Waals surface area contributed by atoms with Gasteiger partial charge in [-0.15, -0.1) is 0 Å². The van der Waals surface area contributed by atoms with Gasteiger partial charge in [0.25, 0.3) is 0 Å². The molecule has 7 nitrogen and oxygen atoms in total. The first kappa shape index (κ1) is 21.1. The zero-order chi connectivity index (χ0) is 21.1. The number of hydrogen-bond donors (Lipinski definition) is 0. The van der Waals surface area contributed by atoms with Crippen LogP contribution >= 0.6 is 11.6 Å². The van der Waals surface area contributed by atoms with Gasteiger partial charge in [0.2, 0.25) is 11.8 Å². The molecule has 0 radical (unpaired) electrons. The Labute approximate surface area is 172 Å². The van der Waals surface area contributed by atoms with Crippen LogP contribution in [0.3, 0.4) is 0 Å². The molecule has 1 aliphatic carbocycles. The monoisotopic (exact) mass is 425 g/mol. The summed E-state index contributed by atoms with van der Waals surface area (Å²) in [6, 6.07) is 2.21. The lowest BCUT2D eigenvalue weighted by atomic mass is 9.81. The predicted molar refractivity (Wildman–Crippen MR) is 102 cm³/mol. The van der Waals surface area contributed by atoms with Crippen molar-refractivity contribution in [2.24, 2.45) is 11.8 Å². The van der Waals surface area contributed by atoms with Gasteiger partial charge in [0.1, 0.15) is 23.9 Å². The van der Waals surface area contributed by atoms with E-state index in [9.17, 15) is 18.8 Å². The first-order chi connectivity index (χ1) is 13.9. The fourth-order valence-corrected chi connectivity index (χ4v) is 3.90. The smallest absolute Gasteiger partial charge is 0.334 e. The molecule has 2 fully saturated rings. The van der Waals surface area contributed by atoms with Crippen molar-refractivity contribution in [1.82, 2.24) is 0 Å². The highest BCUT2D eigenvalue weighted by atomic mass is 35.5. The Morgan fingerprint density at radius 3 is 2.34 bits per heavy atom. The van der Waals surface area contributed by atoms with Gasteiger partial charge >= 0.3 is 5.97 Å². The van der Waals surface area contributed by atoms with Crippen LogP contribution in [0, 0.1) is 17.7 Å². The number of benzene rings is 1. The molecule has 156 valence electrons. The van der Waals surface area contributed by atoms with Gasteiger partial charge < -0.3 is 14.2 Å². The van der Waals surface area contributed by atoms with Crippen LogP contribution in [0.25, 0.3) is 0 Å². The first-order valence-electron chi connectivity index (χ1n) is 9.19. The van der Waals surface area contributed by atoms with E-state index >= 15 is 0 Å². The number of nitrogens with zero attached hydrogens (tertiary/aromatic N) is 1. The van der Waals surface area contributed by atoms with Crippen molar-refractivity contribution in [3.63, 3.8) is 0 Å². The van der Waals surface area contributed by atoms with Crippen LogP contribution in [0.4, 0.5) is 10.1 Å². The van der Waals surface area contributed by atoms with Gasteiger partial charge in [0.05, 0.1) is 42.8 Å². The summed E-state index contributed by atoms with van der Waals surface area (Å²) in [6.07, 6.45) is 4.09. The zero-order valence-electron chi connectivity index (χ0n) is 16.1. The fraction of sp³-hybridized carbons (Fsp3) is 0.450. The van der Waals surface area contributed by atoms with Crippen molar-refractivity contribution in [2.45, 2.75) is 25.7 Å². The summed E-state index contributed by atoms with van der Waals surface area (Å²) < 4.78 is 29.7. The maximum atomic E-state index is 14.6. The topological polar surface area (TPSA) is 82.1 Å². The number of fused-ring (bicyclic) bond motifs is 1. The molecule has 29 heavy (non-hydrogen) atoms. The van der Waals surface area contributed by atoms with E-state index in [1.54, 1.807) is 0 Å². The largest absolute Gasteiger partial charge is 0.497 e. The van der Waals surface area contributed by atoms with E-state index in [1.165, 1.54) is 20.3 Å². The van der Waals surface area contributed by atoms with Gasteiger partial charge in [-0.3, -0.25) is 9.59 Å². The van der Waals surface area contributed by atoms with Crippen molar-refractivity contribution in [3.8, 4) is 5.75 Å². The van der Waals surface area contributed by atoms with Crippen LogP contribution in [0.1, 0.15) is 25.7 Å². The Kier molecular flexibility index (Phi) is 6.42. The molecule has 2 aliphatic rings. The Morgan fingerprint density at radius 1 is 1.17 bits per heavy atom. The second-order valence-electron chi connectivity index (χ2n) is 6.87. The van der Waals surface area contributed by atoms with Crippen LogP contribution in [-0.2, 0) is 23.9 Å². The van der Waals surface area contributed by atoms with Gasteiger partial charge in [0, 0.05) is 6.07 Å². The van der Waals surface area contributed by atoms with Gasteiger partial charge in [-0.05, 0) is 18.9 Å². The molecule has 0 bridgehead atoms. The van der Waals surface area contributed by atoms with E-state index in [1.807, 2.05) is 0 Å².